The number of aryl methyl sites for hydroxylation is 1. The number of hydrogen-bond donors (Lipinski definition) is 1. The lowest BCUT2D eigenvalue weighted by atomic mass is 10.2. The van der Waals surface area contributed by atoms with E-state index in [0.717, 1.165) is 21.4 Å². The van der Waals surface area contributed by atoms with Crippen molar-refractivity contribution in [3.8, 4) is 10.6 Å². The molecule has 7 heteroatoms. The van der Waals surface area contributed by atoms with Gasteiger partial charge in [0.05, 0.1) is 16.6 Å². The molecule has 0 aliphatic heterocycles. The molecule has 2 heterocycles. The Morgan fingerprint density at radius 2 is 2.00 bits per heavy atom. The molecule has 0 radical (unpaired) electrons. The van der Waals surface area contributed by atoms with E-state index in [4.69, 9.17) is 9.72 Å². The summed E-state index contributed by atoms with van der Waals surface area (Å²) in [6.45, 7) is 4.60. The van der Waals surface area contributed by atoms with Gasteiger partial charge in [-0.25, -0.2) is 9.97 Å². The minimum absolute atomic E-state index is 0.133. The highest BCUT2D eigenvalue weighted by Crippen LogP contribution is 2.33. The van der Waals surface area contributed by atoms with E-state index in [2.05, 4.69) is 33.7 Å². The molecule has 0 amide bonds. The highest BCUT2D eigenvalue weighted by atomic mass is 32.1. The third kappa shape index (κ3) is 3.74. The van der Waals surface area contributed by atoms with Gasteiger partial charge in [-0.3, -0.25) is 0 Å². The topological polar surface area (TPSA) is 59.9 Å². The molecule has 0 bridgehead atoms. The summed E-state index contributed by atoms with van der Waals surface area (Å²) in [4.78, 5) is 10.3. The predicted octanol–water partition coefficient (Wildman–Crippen LogP) is 4.29. The van der Waals surface area contributed by atoms with Crippen LogP contribution in [0.4, 0.5) is 5.13 Å². The van der Waals surface area contributed by atoms with Gasteiger partial charge in [0.1, 0.15) is 11.6 Å². The molecular weight excluding hydrogens is 328 g/mol. The van der Waals surface area contributed by atoms with Crippen molar-refractivity contribution in [2.45, 2.75) is 26.5 Å². The van der Waals surface area contributed by atoms with Crippen molar-refractivity contribution in [2.75, 3.05) is 12.4 Å². The molecule has 0 aliphatic rings. The fraction of sp³-hybridized carbons (Fsp3) is 0.312. The Kier molecular flexibility index (Phi) is 5.00. The maximum atomic E-state index is 5.05. The Labute approximate surface area is 143 Å². The van der Waals surface area contributed by atoms with Gasteiger partial charge in [0, 0.05) is 24.2 Å². The van der Waals surface area contributed by atoms with E-state index >= 15 is 0 Å². The summed E-state index contributed by atoms with van der Waals surface area (Å²) in [5.41, 5.74) is 2.20. The molecule has 0 aliphatic carbocycles. The largest absolute Gasteiger partial charge is 0.377 e. The summed E-state index contributed by atoms with van der Waals surface area (Å²) in [7, 11) is 1.64. The summed E-state index contributed by atoms with van der Waals surface area (Å²) < 4.78 is 9.31. The first-order chi connectivity index (χ1) is 11.2. The van der Waals surface area contributed by atoms with Gasteiger partial charge in [0.15, 0.2) is 5.82 Å². The number of thiazole rings is 1. The molecule has 120 valence electrons. The van der Waals surface area contributed by atoms with Gasteiger partial charge in [0.25, 0.3) is 0 Å². The van der Waals surface area contributed by atoms with E-state index in [1.165, 1.54) is 16.4 Å². The first kappa shape index (κ1) is 16.0. The quantitative estimate of drug-likeness (QED) is 0.721. The fourth-order valence-corrected chi connectivity index (χ4v) is 4.00. The highest BCUT2D eigenvalue weighted by Gasteiger charge is 2.16. The molecule has 0 saturated carbocycles. The van der Waals surface area contributed by atoms with Gasteiger partial charge in [0.2, 0.25) is 5.13 Å². The molecule has 3 aromatic rings. The lowest BCUT2D eigenvalue weighted by Gasteiger charge is -2.10. The Morgan fingerprint density at radius 1 is 1.22 bits per heavy atom. The summed E-state index contributed by atoms with van der Waals surface area (Å²) in [6.07, 6.45) is 0. The van der Waals surface area contributed by atoms with E-state index in [1.807, 2.05) is 25.1 Å². The van der Waals surface area contributed by atoms with Crippen LogP contribution in [0.3, 0.4) is 0 Å². The Bertz CT molecular complexity index is 769. The molecule has 0 fully saturated rings. The number of nitrogens with zero attached hydrogens (tertiary/aromatic N) is 3. The van der Waals surface area contributed by atoms with Crippen molar-refractivity contribution in [3.05, 3.63) is 46.7 Å². The second-order valence-electron chi connectivity index (χ2n) is 5.15. The minimum Gasteiger partial charge on any atom is -0.377 e. The van der Waals surface area contributed by atoms with Crippen molar-refractivity contribution >= 4 is 28.0 Å². The van der Waals surface area contributed by atoms with Crippen molar-refractivity contribution in [1.29, 1.82) is 0 Å². The molecule has 1 atom stereocenters. The van der Waals surface area contributed by atoms with Gasteiger partial charge >= 0.3 is 0 Å². The number of methoxy groups -OCH3 is 1. The zero-order valence-corrected chi connectivity index (χ0v) is 14.9. The van der Waals surface area contributed by atoms with E-state index in [9.17, 15) is 0 Å². The second-order valence-corrected chi connectivity index (χ2v) is 6.93. The molecule has 0 unspecified atom stereocenters. The summed E-state index contributed by atoms with van der Waals surface area (Å²) in [6, 6.07) is 10.4. The van der Waals surface area contributed by atoms with Crippen LogP contribution in [0.1, 0.15) is 29.4 Å². The second kappa shape index (κ2) is 7.16. The van der Waals surface area contributed by atoms with Crippen LogP contribution in [0.15, 0.2) is 30.3 Å². The summed E-state index contributed by atoms with van der Waals surface area (Å²) >= 11 is 3.07. The van der Waals surface area contributed by atoms with Gasteiger partial charge in [-0.1, -0.05) is 30.3 Å². The average Bonchev–Trinajstić information content (AvgIpc) is 3.15. The molecule has 2 aromatic heterocycles. The van der Waals surface area contributed by atoms with Gasteiger partial charge in [-0.05, 0) is 13.8 Å². The Morgan fingerprint density at radius 3 is 2.74 bits per heavy atom. The van der Waals surface area contributed by atoms with Crippen molar-refractivity contribution in [2.24, 2.45) is 0 Å². The minimum atomic E-state index is 0.133. The summed E-state index contributed by atoms with van der Waals surface area (Å²) in [5, 5.41) is 5.25. The molecule has 1 aromatic carbocycles. The van der Waals surface area contributed by atoms with Crippen LogP contribution in [-0.2, 0) is 11.3 Å². The number of nitrogens with one attached hydrogen (secondary N) is 1. The number of anilines is 1. The Hall–Kier alpha value is -1.83. The molecular formula is C16H18N4OS2. The molecule has 0 spiro atoms. The lowest BCUT2D eigenvalue weighted by molar-refractivity contribution is 0.179. The smallest absolute Gasteiger partial charge is 0.203 e. The van der Waals surface area contributed by atoms with E-state index in [0.29, 0.717) is 12.4 Å². The van der Waals surface area contributed by atoms with Crippen LogP contribution in [0.2, 0.25) is 0 Å². The monoisotopic (exact) mass is 346 g/mol. The van der Waals surface area contributed by atoms with E-state index in [1.54, 1.807) is 18.4 Å². The fourth-order valence-electron chi connectivity index (χ4n) is 2.27. The lowest BCUT2D eigenvalue weighted by Crippen LogP contribution is -2.06. The predicted molar refractivity (Wildman–Crippen MR) is 94.9 cm³/mol. The van der Waals surface area contributed by atoms with Crippen LogP contribution >= 0.6 is 22.9 Å². The van der Waals surface area contributed by atoms with Crippen molar-refractivity contribution in [3.63, 3.8) is 0 Å². The number of benzene rings is 1. The number of ether oxygens (including phenoxy) is 1. The standard InChI is InChI=1S/C16H18N4OS2/c1-10-14(22-15(17-10)12-7-5-4-6-8-12)11(2)18-16-19-13(9-21-3)20-23-16/h4-8,11H,9H2,1-3H3,(H,18,19,20)/t11-/m0/s1. The van der Waals surface area contributed by atoms with Gasteiger partial charge in [-0.15, -0.1) is 11.3 Å². The first-order valence-electron chi connectivity index (χ1n) is 7.28. The highest BCUT2D eigenvalue weighted by molar-refractivity contribution is 7.15. The maximum absolute atomic E-state index is 5.05. The van der Waals surface area contributed by atoms with Crippen LogP contribution < -0.4 is 5.32 Å². The number of hydrogen-bond acceptors (Lipinski definition) is 7. The van der Waals surface area contributed by atoms with Crippen LogP contribution in [-0.4, -0.2) is 21.5 Å². The number of rotatable bonds is 6. The molecule has 3 rings (SSSR count). The van der Waals surface area contributed by atoms with Crippen LogP contribution in [0.5, 0.6) is 0 Å². The first-order valence-corrected chi connectivity index (χ1v) is 8.87. The molecule has 23 heavy (non-hydrogen) atoms. The van der Waals surface area contributed by atoms with E-state index in [-0.39, 0.29) is 6.04 Å². The molecule has 1 N–H and O–H groups in total. The van der Waals surface area contributed by atoms with Crippen molar-refractivity contribution < 1.29 is 4.74 Å². The van der Waals surface area contributed by atoms with Gasteiger partial charge < -0.3 is 10.1 Å². The maximum Gasteiger partial charge on any atom is 0.203 e. The third-order valence-electron chi connectivity index (χ3n) is 3.33. The Balaban J connectivity index is 1.76. The SMILES string of the molecule is COCc1nsc(N[C@@H](C)c2sc(-c3ccccc3)nc2C)n1. The third-order valence-corrected chi connectivity index (χ3v) is 5.40. The normalized spacial score (nSPS) is 12.3. The zero-order chi connectivity index (χ0) is 16.2. The zero-order valence-electron chi connectivity index (χ0n) is 13.2. The van der Waals surface area contributed by atoms with Crippen LogP contribution in [0, 0.1) is 6.92 Å². The summed E-state index contributed by atoms with van der Waals surface area (Å²) in [5.74, 6) is 0.707. The molecule has 0 saturated heterocycles. The number of aromatic nitrogens is 3. The van der Waals surface area contributed by atoms with E-state index < -0.39 is 0 Å². The van der Waals surface area contributed by atoms with Crippen LogP contribution in [0.25, 0.3) is 10.6 Å². The van der Waals surface area contributed by atoms with Crippen molar-refractivity contribution in [1.82, 2.24) is 14.3 Å². The van der Waals surface area contributed by atoms with Gasteiger partial charge in [-0.2, -0.15) is 4.37 Å². The molecule has 5 nitrogen and oxygen atoms in total. The average molecular weight is 346 g/mol.